The smallest absolute Gasteiger partial charge is 0.389 e. The predicted octanol–water partition coefficient (Wildman–Crippen LogP) is 2.96. The summed E-state index contributed by atoms with van der Waals surface area (Å²) < 4.78 is 43.3. The SMILES string of the molecule is CCCC(COC)Nc1nc(C(F)(F)F)ccc1C(N)=S. The summed E-state index contributed by atoms with van der Waals surface area (Å²) in [4.78, 5) is 3.60. The van der Waals surface area contributed by atoms with Gasteiger partial charge in [0.15, 0.2) is 0 Å². The van der Waals surface area contributed by atoms with Gasteiger partial charge in [0.1, 0.15) is 16.5 Å². The van der Waals surface area contributed by atoms with Crippen molar-refractivity contribution >= 4 is 23.0 Å². The zero-order chi connectivity index (χ0) is 16.0. The van der Waals surface area contributed by atoms with Crippen LogP contribution in [0.2, 0.25) is 0 Å². The Bertz CT molecular complexity index is 488. The highest BCUT2D eigenvalue weighted by Crippen LogP contribution is 2.29. The molecule has 21 heavy (non-hydrogen) atoms. The van der Waals surface area contributed by atoms with Gasteiger partial charge in [-0.2, -0.15) is 13.2 Å². The number of hydrogen-bond acceptors (Lipinski definition) is 4. The molecule has 0 amide bonds. The van der Waals surface area contributed by atoms with Crippen LogP contribution in [-0.4, -0.2) is 29.7 Å². The number of aromatic nitrogens is 1. The van der Waals surface area contributed by atoms with E-state index in [9.17, 15) is 13.2 Å². The number of halogens is 3. The average molecular weight is 321 g/mol. The summed E-state index contributed by atoms with van der Waals surface area (Å²) in [5.74, 6) is 0.0350. The normalized spacial score (nSPS) is 13.0. The van der Waals surface area contributed by atoms with Crippen molar-refractivity contribution < 1.29 is 17.9 Å². The number of nitrogens with zero attached hydrogens (tertiary/aromatic N) is 1. The monoisotopic (exact) mass is 321 g/mol. The third-order valence-electron chi connectivity index (χ3n) is 2.80. The van der Waals surface area contributed by atoms with Crippen molar-refractivity contribution in [2.75, 3.05) is 19.0 Å². The van der Waals surface area contributed by atoms with Crippen molar-refractivity contribution in [2.45, 2.75) is 32.0 Å². The topological polar surface area (TPSA) is 60.2 Å². The highest BCUT2D eigenvalue weighted by molar-refractivity contribution is 7.80. The third-order valence-corrected chi connectivity index (χ3v) is 3.02. The number of hydrogen-bond donors (Lipinski definition) is 2. The van der Waals surface area contributed by atoms with Gasteiger partial charge in [0.25, 0.3) is 0 Å². The summed E-state index contributed by atoms with van der Waals surface area (Å²) in [5, 5.41) is 2.94. The molecule has 0 spiro atoms. The Morgan fingerprint density at radius 2 is 2.14 bits per heavy atom. The molecule has 0 aromatic carbocycles. The standard InChI is InChI=1S/C13H18F3N3OS/c1-3-4-8(7-20-2)18-12-9(11(17)21)5-6-10(19-12)13(14,15)16/h5-6,8H,3-4,7H2,1-2H3,(H2,17,21)(H,18,19). The molecular formula is C13H18F3N3OS. The van der Waals surface area contributed by atoms with Crippen molar-refractivity contribution in [2.24, 2.45) is 5.73 Å². The van der Waals surface area contributed by atoms with Gasteiger partial charge in [-0.25, -0.2) is 4.98 Å². The number of ether oxygens (including phenoxy) is 1. The van der Waals surface area contributed by atoms with Gasteiger partial charge >= 0.3 is 6.18 Å². The van der Waals surface area contributed by atoms with E-state index < -0.39 is 11.9 Å². The van der Waals surface area contributed by atoms with Crippen LogP contribution in [-0.2, 0) is 10.9 Å². The molecule has 118 valence electrons. The maximum absolute atomic E-state index is 12.8. The summed E-state index contributed by atoms with van der Waals surface area (Å²) in [6.45, 7) is 2.32. The number of thiocarbonyl (C=S) groups is 1. The van der Waals surface area contributed by atoms with Gasteiger partial charge in [-0.1, -0.05) is 25.6 Å². The van der Waals surface area contributed by atoms with Crippen molar-refractivity contribution in [3.63, 3.8) is 0 Å². The highest BCUT2D eigenvalue weighted by atomic mass is 32.1. The number of nitrogens with two attached hydrogens (primary N) is 1. The van der Waals surface area contributed by atoms with Gasteiger partial charge < -0.3 is 15.8 Å². The maximum Gasteiger partial charge on any atom is 0.433 e. The molecule has 0 aliphatic heterocycles. The third kappa shape index (κ3) is 5.13. The van der Waals surface area contributed by atoms with Crippen molar-refractivity contribution in [1.29, 1.82) is 0 Å². The van der Waals surface area contributed by atoms with Crippen LogP contribution < -0.4 is 11.1 Å². The Hall–Kier alpha value is -1.41. The van der Waals surface area contributed by atoms with Crippen molar-refractivity contribution in [3.05, 3.63) is 23.4 Å². The second kappa shape index (κ2) is 7.56. The zero-order valence-corrected chi connectivity index (χ0v) is 12.6. The molecule has 3 N–H and O–H groups in total. The van der Waals surface area contributed by atoms with E-state index in [4.69, 9.17) is 22.7 Å². The Morgan fingerprint density at radius 1 is 1.48 bits per heavy atom. The minimum absolute atomic E-state index is 0.00797. The Labute approximate surface area is 126 Å². The fourth-order valence-electron chi connectivity index (χ4n) is 1.87. The molecule has 0 fully saturated rings. The molecule has 4 nitrogen and oxygen atoms in total. The fourth-order valence-corrected chi connectivity index (χ4v) is 2.03. The molecule has 1 unspecified atom stereocenters. The number of anilines is 1. The van der Waals surface area contributed by atoms with Crippen LogP contribution in [0, 0.1) is 0 Å². The summed E-state index contributed by atoms with van der Waals surface area (Å²) in [5.41, 5.74) is 4.84. The lowest BCUT2D eigenvalue weighted by Gasteiger charge is -2.20. The lowest BCUT2D eigenvalue weighted by atomic mass is 10.1. The first-order chi connectivity index (χ1) is 9.79. The first kappa shape index (κ1) is 17.6. The molecule has 1 heterocycles. The van der Waals surface area contributed by atoms with E-state index >= 15 is 0 Å². The van der Waals surface area contributed by atoms with Crippen LogP contribution in [0.5, 0.6) is 0 Å². The lowest BCUT2D eigenvalue weighted by molar-refractivity contribution is -0.141. The van der Waals surface area contributed by atoms with Crippen molar-refractivity contribution in [3.8, 4) is 0 Å². The minimum Gasteiger partial charge on any atom is -0.389 e. The quantitative estimate of drug-likeness (QED) is 0.756. The molecule has 0 aliphatic rings. The van der Waals surface area contributed by atoms with Crippen LogP contribution in [0.3, 0.4) is 0 Å². The summed E-state index contributed by atoms with van der Waals surface area (Å²) in [6, 6.07) is 1.94. The molecule has 1 aromatic rings. The maximum atomic E-state index is 12.8. The van der Waals surface area contributed by atoms with Crippen molar-refractivity contribution in [1.82, 2.24) is 4.98 Å². The van der Waals surface area contributed by atoms with E-state index in [-0.39, 0.29) is 22.4 Å². The predicted molar refractivity (Wildman–Crippen MR) is 79.3 cm³/mol. The summed E-state index contributed by atoms with van der Waals surface area (Å²) in [7, 11) is 1.53. The van der Waals surface area contributed by atoms with E-state index in [0.29, 0.717) is 6.61 Å². The Kier molecular flexibility index (Phi) is 6.35. The van der Waals surface area contributed by atoms with E-state index in [1.54, 1.807) is 0 Å². The van der Waals surface area contributed by atoms with Crippen LogP contribution in [0.15, 0.2) is 12.1 Å². The van der Waals surface area contributed by atoms with E-state index in [2.05, 4.69) is 10.3 Å². The molecule has 0 aliphatic carbocycles. The lowest BCUT2D eigenvalue weighted by Crippen LogP contribution is -2.28. The van der Waals surface area contributed by atoms with E-state index in [1.165, 1.54) is 13.2 Å². The van der Waals surface area contributed by atoms with Gasteiger partial charge in [-0.3, -0.25) is 0 Å². The number of nitrogens with one attached hydrogen (secondary N) is 1. The Balaban J connectivity index is 3.13. The Morgan fingerprint density at radius 3 is 2.62 bits per heavy atom. The molecule has 1 aromatic heterocycles. The van der Waals surface area contributed by atoms with Gasteiger partial charge in [-0.05, 0) is 18.6 Å². The summed E-state index contributed by atoms with van der Waals surface area (Å²) >= 11 is 4.85. The number of alkyl halides is 3. The van der Waals surface area contributed by atoms with Crippen LogP contribution in [0.25, 0.3) is 0 Å². The van der Waals surface area contributed by atoms with Crippen LogP contribution >= 0.6 is 12.2 Å². The summed E-state index contributed by atoms with van der Waals surface area (Å²) in [6.07, 6.45) is -2.95. The average Bonchev–Trinajstić information content (AvgIpc) is 2.38. The largest absolute Gasteiger partial charge is 0.433 e. The fraction of sp³-hybridized carbons (Fsp3) is 0.538. The van der Waals surface area contributed by atoms with E-state index in [0.717, 1.165) is 18.9 Å². The molecule has 8 heteroatoms. The van der Waals surface area contributed by atoms with Gasteiger partial charge in [0.05, 0.1) is 18.2 Å². The highest BCUT2D eigenvalue weighted by Gasteiger charge is 2.33. The molecule has 1 rings (SSSR count). The number of pyridine rings is 1. The molecule has 1 atom stereocenters. The van der Waals surface area contributed by atoms with Gasteiger partial charge in [0.2, 0.25) is 0 Å². The number of rotatable bonds is 7. The molecule has 0 bridgehead atoms. The second-order valence-corrected chi connectivity index (χ2v) is 4.98. The van der Waals surface area contributed by atoms with Gasteiger partial charge in [0, 0.05) is 7.11 Å². The zero-order valence-electron chi connectivity index (χ0n) is 11.8. The second-order valence-electron chi connectivity index (χ2n) is 4.54. The van der Waals surface area contributed by atoms with Crippen LogP contribution in [0.4, 0.5) is 19.0 Å². The molecular weight excluding hydrogens is 303 g/mol. The van der Waals surface area contributed by atoms with Gasteiger partial charge in [-0.15, -0.1) is 0 Å². The molecule has 0 saturated heterocycles. The molecule has 0 radical (unpaired) electrons. The minimum atomic E-state index is -4.52. The van der Waals surface area contributed by atoms with E-state index in [1.807, 2.05) is 6.92 Å². The number of methoxy groups -OCH3 is 1. The molecule has 0 saturated carbocycles. The van der Waals surface area contributed by atoms with Crippen LogP contribution in [0.1, 0.15) is 31.0 Å². The first-order valence-electron chi connectivity index (χ1n) is 6.43. The first-order valence-corrected chi connectivity index (χ1v) is 6.84.